The molecule has 0 unspecified atom stereocenters. The van der Waals surface area contributed by atoms with Gasteiger partial charge < -0.3 is 0 Å². The van der Waals surface area contributed by atoms with Gasteiger partial charge in [-0.1, -0.05) is 0 Å². The van der Waals surface area contributed by atoms with Crippen molar-refractivity contribution >= 4 is 0 Å². The van der Waals surface area contributed by atoms with Crippen LogP contribution in [0.4, 0.5) is 39.5 Å². The predicted molar refractivity (Wildman–Crippen MR) is 53.4 cm³/mol. The second-order valence-corrected chi connectivity index (χ2v) is 4.40. The summed E-state index contributed by atoms with van der Waals surface area (Å²) in [5, 5.41) is 0. The van der Waals surface area contributed by atoms with Crippen LogP contribution < -0.4 is 0 Å². The number of hydrogen-bond acceptors (Lipinski definition) is 0. The lowest BCUT2D eigenvalue weighted by atomic mass is 10.0. The summed E-state index contributed by atoms with van der Waals surface area (Å²) in [5.41, 5.74) is -7.10. The second-order valence-electron chi connectivity index (χ2n) is 4.40. The van der Waals surface area contributed by atoms with Crippen molar-refractivity contribution in [2.75, 3.05) is 0 Å². The fourth-order valence-electron chi connectivity index (χ4n) is 2.30. The Balaban J connectivity index is 2.58. The highest BCUT2D eigenvalue weighted by Gasteiger charge is 2.52. The molecular weight excluding hydrogens is 327 g/mol. The van der Waals surface area contributed by atoms with Gasteiger partial charge in [-0.25, -0.2) is 30.7 Å². The summed E-state index contributed by atoms with van der Waals surface area (Å²) >= 11 is 0. The van der Waals surface area contributed by atoms with Gasteiger partial charge in [0, 0.05) is 22.8 Å². The quantitative estimate of drug-likeness (QED) is 0.377. The van der Waals surface area contributed by atoms with Gasteiger partial charge in [0.25, 0.3) is 0 Å². The first-order chi connectivity index (χ1) is 10.1. The molecule has 0 fully saturated rings. The van der Waals surface area contributed by atoms with E-state index in [1.165, 1.54) is 0 Å². The van der Waals surface area contributed by atoms with E-state index in [4.69, 9.17) is 0 Å². The smallest absolute Gasteiger partial charge is 0.203 e. The average molecular weight is 327 g/mol. The lowest BCUT2D eigenvalue weighted by molar-refractivity contribution is 0.0421. The Labute approximate surface area is 115 Å². The molecule has 0 bridgehead atoms. The molecule has 0 nitrogen and oxygen atoms in total. The van der Waals surface area contributed by atoms with Gasteiger partial charge in [0.15, 0.2) is 40.7 Å². The summed E-state index contributed by atoms with van der Waals surface area (Å²) in [5.74, 6) is -21.2. The molecule has 22 heavy (non-hydrogen) atoms. The Kier molecular flexibility index (Phi) is 2.80. The van der Waals surface area contributed by atoms with E-state index in [-0.39, 0.29) is 0 Å². The summed E-state index contributed by atoms with van der Waals surface area (Å²) in [7, 11) is 0. The van der Waals surface area contributed by atoms with Gasteiger partial charge in [-0.05, 0) is 0 Å². The van der Waals surface area contributed by atoms with E-state index in [1.54, 1.807) is 0 Å². The highest BCUT2D eigenvalue weighted by Crippen LogP contribution is 2.54. The van der Waals surface area contributed by atoms with Gasteiger partial charge in [0.05, 0.1) is 5.56 Å². The molecule has 2 aromatic rings. The van der Waals surface area contributed by atoms with Crippen LogP contribution in [0.2, 0.25) is 0 Å². The third kappa shape index (κ3) is 1.51. The molecule has 115 valence electrons. The number of fused-ring (bicyclic) bond motifs is 3. The minimum atomic E-state index is -4.63. The van der Waals surface area contributed by atoms with E-state index in [1.807, 2.05) is 0 Å². The molecular formula is C13F9. The zero-order chi connectivity index (χ0) is 16.6. The van der Waals surface area contributed by atoms with Crippen molar-refractivity contribution in [2.45, 2.75) is 5.92 Å². The molecule has 2 aromatic carbocycles. The van der Waals surface area contributed by atoms with Crippen LogP contribution in [-0.4, -0.2) is 0 Å². The Morgan fingerprint density at radius 1 is 0.591 bits per heavy atom. The van der Waals surface area contributed by atoms with Crippen LogP contribution >= 0.6 is 0 Å². The molecule has 0 atom stereocenters. The maximum atomic E-state index is 14.0. The number of benzene rings is 2. The maximum absolute atomic E-state index is 14.0. The predicted octanol–water partition coefficient (Wildman–Crippen LogP) is 4.58. The Bertz CT molecular complexity index is 839. The molecule has 1 radical (unpaired) electrons. The summed E-state index contributed by atoms with van der Waals surface area (Å²) in [6.45, 7) is 0. The van der Waals surface area contributed by atoms with Crippen LogP contribution in [0.25, 0.3) is 11.1 Å². The molecule has 0 heterocycles. The van der Waals surface area contributed by atoms with E-state index >= 15 is 0 Å². The van der Waals surface area contributed by atoms with E-state index in [0.717, 1.165) is 6.07 Å². The van der Waals surface area contributed by atoms with Crippen LogP contribution in [0.3, 0.4) is 0 Å². The minimum Gasteiger partial charge on any atom is -0.203 e. The first-order valence-corrected chi connectivity index (χ1v) is 5.45. The van der Waals surface area contributed by atoms with Crippen molar-refractivity contribution in [2.24, 2.45) is 0 Å². The van der Waals surface area contributed by atoms with Gasteiger partial charge >= 0.3 is 5.92 Å². The average Bonchev–Trinajstić information content (AvgIpc) is 2.68. The maximum Gasteiger partial charge on any atom is 0.303 e. The largest absolute Gasteiger partial charge is 0.303 e. The topological polar surface area (TPSA) is 0 Å². The third-order valence-corrected chi connectivity index (χ3v) is 3.23. The van der Waals surface area contributed by atoms with E-state index in [2.05, 4.69) is 0 Å². The van der Waals surface area contributed by atoms with Crippen LogP contribution in [0.5, 0.6) is 0 Å². The summed E-state index contributed by atoms with van der Waals surface area (Å²) < 4.78 is 121. The fraction of sp³-hybridized carbons (Fsp3) is 0.0769. The van der Waals surface area contributed by atoms with Crippen LogP contribution in [0.1, 0.15) is 11.1 Å². The highest BCUT2D eigenvalue weighted by atomic mass is 19.3. The Morgan fingerprint density at radius 3 is 1.68 bits per heavy atom. The lowest BCUT2D eigenvalue weighted by Crippen LogP contribution is -2.16. The molecule has 0 N–H and O–H groups in total. The van der Waals surface area contributed by atoms with Crippen LogP contribution in [-0.2, 0) is 5.92 Å². The van der Waals surface area contributed by atoms with E-state index < -0.39 is 68.9 Å². The van der Waals surface area contributed by atoms with E-state index in [9.17, 15) is 39.5 Å². The molecule has 0 aromatic heterocycles. The summed E-state index contributed by atoms with van der Waals surface area (Å²) in [6, 6.07) is 1.12. The molecule has 9 heteroatoms. The molecule has 0 saturated heterocycles. The van der Waals surface area contributed by atoms with E-state index in [0.29, 0.717) is 0 Å². The van der Waals surface area contributed by atoms with Crippen LogP contribution in [0.15, 0.2) is 0 Å². The summed E-state index contributed by atoms with van der Waals surface area (Å²) in [6.07, 6.45) is 0. The molecule has 1 aliphatic rings. The van der Waals surface area contributed by atoms with Gasteiger partial charge in [-0.15, -0.1) is 0 Å². The molecule has 0 amide bonds. The van der Waals surface area contributed by atoms with Crippen LogP contribution in [0, 0.1) is 46.8 Å². The number of rotatable bonds is 0. The standard InChI is InChI=1S/C13F9/c14-3-1-2-4(8(16)7(3)15)5-6(13(2,21)22)10(18)12(20)11(19)9(5)17. The monoisotopic (exact) mass is 327 g/mol. The minimum absolute atomic E-state index is 1.12. The molecule has 1 aliphatic carbocycles. The van der Waals surface area contributed by atoms with Crippen molar-refractivity contribution in [3.05, 3.63) is 57.9 Å². The van der Waals surface area contributed by atoms with Gasteiger partial charge in [0.2, 0.25) is 0 Å². The van der Waals surface area contributed by atoms with Gasteiger partial charge in [-0.2, -0.15) is 8.78 Å². The van der Waals surface area contributed by atoms with Crippen molar-refractivity contribution in [1.29, 1.82) is 0 Å². The molecule has 0 spiro atoms. The second kappa shape index (κ2) is 4.17. The Morgan fingerprint density at radius 2 is 1.09 bits per heavy atom. The zero-order valence-corrected chi connectivity index (χ0v) is 9.90. The SMILES string of the molecule is Fc1[c]c2c(c(F)c1F)-c1c(F)c(F)c(F)c(F)c1C2(F)F. The van der Waals surface area contributed by atoms with Crippen molar-refractivity contribution in [1.82, 2.24) is 0 Å². The number of alkyl halides is 2. The van der Waals surface area contributed by atoms with Crippen molar-refractivity contribution < 1.29 is 39.5 Å². The first-order valence-electron chi connectivity index (χ1n) is 5.45. The zero-order valence-electron chi connectivity index (χ0n) is 9.90. The normalized spacial score (nSPS) is 15.0. The van der Waals surface area contributed by atoms with Crippen molar-refractivity contribution in [3.8, 4) is 11.1 Å². The molecule has 0 aliphatic heterocycles. The lowest BCUT2D eigenvalue weighted by Gasteiger charge is -2.13. The molecule has 3 rings (SSSR count). The van der Waals surface area contributed by atoms with Gasteiger partial charge in [-0.3, -0.25) is 0 Å². The summed E-state index contributed by atoms with van der Waals surface area (Å²) in [4.78, 5) is 0. The third-order valence-electron chi connectivity index (χ3n) is 3.23. The molecule has 0 saturated carbocycles. The Hall–Kier alpha value is -2.19. The van der Waals surface area contributed by atoms with Crippen molar-refractivity contribution in [3.63, 3.8) is 0 Å². The fourth-order valence-corrected chi connectivity index (χ4v) is 2.30. The first kappa shape index (κ1) is 14.7. The number of hydrogen-bond donors (Lipinski definition) is 0. The highest BCUT2D eigenvalue weighted by molar-refractivity contribution is 5.80. The number of halogens is 9. The van der Waals surface area contributed by atoms with Gasteiger partial charge in [0.1, 0.15) is 0 Å².